The Balaban J connectivity index is 1.28. The number of amides is 1. The largest absolute Gasteiger partial charge is 0.351 e. The van der Waals surface area contributed by atoms with Crippen molar-refractivity contribution in [2.24, 2.45) is 19.5 Å². The van der Waals surface area contributed by atoms with Gasteiger partial charge in [-0.2, -0.15) is 15.2 Å². The van der Waals surface area contributed by atoms with Crippen molar-refractivity contribution in [1.29, 1.82) is 0 Å². The summed E-state index contributed by atoms with van der Waals surface area (Å²) in [5.41, 5.74) is 2.16. The van der Waals surface area contributed by atoms with Crippen molar-refractivity contribution >= 4 is 40.1 Å². The zero-order valence-corrected chi connectivity index (χ0v) is 20.7. The standard InChI is InChI=1S/C24H29FN10O/c1-24(2)13-35(14-24)8-7-26-22(36)15-5-6-18(25)19(9-15)30-20-17-11-27-23(31-21(17)34(4)32-20)29-16-10-28-33(3)12-16/h5-6,9-12H,7-8,13-14H2,1-4H3,(H,26,36)(H,30,32)(H,27,29,31). The fourth-order valence-corrected chi connectivity index (χ4v) is 4.45. The zero-order valence-electron chi connectivity index (χ0n) is 20.7. The minimum absolute atomic E-state index is 0.143. The van der Waals surface area contributed by atoms with Crippen LogP contribution in [-0.4, -0.2) is 66.5 Å². The van der Waals surface area contributed by atoms with Gasteiger partial charge in [0.15, 0.2) is 11.5 Å². The van der Waals surface area contributed by atoms with Gasteiger partial charge in [-0.1, -0.05) is 13.8 Å². The lowest BCUT2D eigenvalue weighted by Crippen LogP contribution is -2.54. The number of aromatic nitrogens is 6. The van der Waals surface area contributed by atoms with Crippen LogP contribution in [0.15, 0.2) is 36.8 Å². The van der Waals surface area contributed by atoms with E-state index in [0.717, 1.165) is 25.3 Å². The van der Waals surface area contributed by atoms with E-state index < -0.39 is 5.82 Å². The molecule has 1 saturated heterocycles. The second-order valence-electron chi connectivity index (χ2n) is 9.88. The molecule has 0 unspecified atom stereocenters. The maximum absolute atomic E-state index is 14.6. The molecule has 0 atom stereocenters. The SMILES string of the molecule is Cn1cc(Nc2ncc3c(Nc4cc(C(=O)NCCN5CC(C)(C)C5)ccc4F)nn(C)c3n2)cn1. The van der Waals surface area contributed by atoms with Crippen molar-refractivity contribution in [3.63, 3.8) is 0 Å². The van der Waals surface area contributed by atoms with Crippen molar-refractivity contribution in [1.82, 2.24) is 39.7 Å². The van der Waals surface area contributed by atoms with E-state index in [1.807, 2.05) is 7.05 Å². The van der Waals surface area contributed by atoms with Gasteiger partial charge in [0.2, 0.25) is 5.95 Å². The Morgan fingerprint density at radius 2 is 1.97 bits per heavy atom. The average molecular weight is 493 g/mol. The van der Waals surface area contributed by atoms with E-state index in [1.165, 1.54) is 18.2 Å². The van der Waals surface area contributed by atoms with Crippen molar-refractivity contribution in [2.75, 3.05) is 36.8 Å². The number of nitrogens with one attached hydrogen (secondary N) is 3. The van der Waals surface area contributed by atoms with E-state index in [9.17, 15) is 9.18 Å². The van der Waals surface area contributed by atoms with E-state index in [2.05, 4.69) is 54.9 Å². The summed E-state index contributed by atoms with van der Waals surface area (Å²) >= 11 is 0. The third-order valence-corrected chi connectivity index (χ3v) is 6.04. The quantitative estimate of drug-likeness (QED) is 0.344. The highest BCUT2D eigenvalue weighted by Gasteiger charge is 2.33. The zero-order chi connectivity index (χ0) is 25.4. The number of fused-ring (bicyclic) bond motifs is 1. The van der Waals surface area contributed by atoms with Gasteiger partial charge in [-0.3, -0.25) is 9.48 Å². The molecule has 4 heterocycles. The lowest BCUT2D eigenvalue weighted by molar-refractivity contribution is 0.0323. The summed E-state index contributed by atoms with van der Waals surface area (Å²) in [6, 6.07) is 4.22. The number of benzene rings is 1. The molecule has 5 rings (SSSR count). The number of likely N-dealkylation sites (tertiary alicyclic amines) is 1. The van der Waals surface area contributed by atoms with Crippen LogP contribution in [0.5, 0.6) is 0 Å². The molecule has 1 aromatic carbocycles. The van der Waals surface area contributed by atoms with Crippen molar-refractivity contribution in [3.8, 4) is 0 Å². The molecule has 4 aromatic rings. The normalized spacial score (nSPS) is 15.0. The predicted molar refractivity (Wildman–Crippen MR) is 135 cm³/mol. The first kappa shape index (κ1) is 23.7. The first-order chi connectivity index (χ1) is 17.2. The summed E-state index contributed by atoms with van der Waals surface area (Å²) in [5.74, 6) is 0.0242. The number of hydrogen-bond acceptors (Lipinski definition) is 8. The molecule has 188 valence electrons. The molecule has 36 heavy (non-hydrogen) atoms. The average Bonchev–Trinajstić information content (AvgIpc) is 3.36. The second-order valence-corrected chi connectivity index (χ2v) is 9.88. The fraction of sp³-hybridized carbons (Fsp3) is 0.375. The van der Waals surface area contributed by atoms with Gasteiger partial charge in [0.05, 0.1) is 23.0 Å². The summed E-state index contributed by atoms with van der Waals surface area (Å²) < 4.78 is 17.9. The van der Waals surface area contributed by atoms with Crippen molar-refractivity contribution in [3.05, 3.63) is 48.2 Å². The smallest absolute Gasteiger partial charge is 0.251 e. The van der Waals surface area contributed by atoms with E-state index in [-0.39, 0.29) is 11.6 Å². The minimum atomic E-state index is -0.496. The minimum Gasteiger partial charge on any atom is -0.351 e. The van der Waals surface area contributed by atoms with Crippen LogP contribution in [-0.2, 0) is 14.1 Å². The number of carbonyl (C=O) groups excluding carboxylic acids is 1. The summed E-state index contributed by atoms with van der Waals surface area (Å²) in [5, 5.41) is 18.2. The monoisotopic (exact) mass is 492 g/mol. The number of hydrogen-bond donors (Lipinski definition) is 3. The molecule has 12 heteroatoms. The molecule has 3 aromatic heterocycles. The first-order valence-corrected chi connectivity index (χ1v) is 11.7. The molecular formula is C24H29FN10O. The molecule has 0 saturated carbocycles. The Kier molecular flexibility index (Phi) is 6.04. The molecule has 1 amide bonds. The molecule has 0 radical (unpaired) electrons. The molecule has 3 N–H and O–H groups in total. The van der Waals surface area contributed by atoms with Gasteiger partial charge in [0.1, 0.15) is 5.82 Å². The van der Waals surface area contributed by atoms with Gasteiger partial charge < -0.3 is 20.9 Å². The van der Waals surface area contributed by atoms with Crippen LogP contribution in [0.3, 0.4) is 0 Å². The second kappa shape index (κ2) is 9.19. The Morgan fingerprint density at radius 3 is 2.69 bits per heavy atom. The molecular weight excluding hydrogens is 463 g/mol. The number of halogens is 1. The predicted octanol–water partition coefficient (Wildman–Crippen LogP) is 2.79. The number of carbonyl (C=O) groups is 1. The van der Waals surface area contributed by atoms with E-state index in [4.69, 9.17) is 0 Å². The maximum Gasteiger partial charge on any atom is 0.251 e. The third kappa shape index (κ3) is 4.98. The fourth-order valence-electron chi connectivity index (χ4n) is 4.45. The summed E-state index contributed by atoms with van der Waals surface area (Å²) in [4.78, 5) is 23.8. The van der Waals surface area contributed by atoms with Gasteiger partial charge in [0, 0.05) is 58.2 Å². The van der Waals surface area contributed by atoms with Crippen LogP contribution >= 0.6 is 0 Å². The molecule has 0 bridgehead atoms. The molecule has 1 aliphatic heterocycles. The molecule has 0 aliphatic carbocycles. The number of aryl methyl sites for hydroxylation is 2. The lowest BCUT2D eigenvalue weighted by atomic mass is 9.84. The van der Waals surface area contributed by atoms with E-state index >= 15 is 0 Å². The van der Waals surface area contributed by atoms with Gasteiger partial charge >= 0.3 is 0 Å². The van der Waals surface area contributed by atoms with Crippen LogP contribution in [0, 0.1) is 11.2 Å². The Morgan fingerprint density at radius 1 is 1.17 bits per heavy atom. The van der Waals surface area contributed by atoms with Crippen LogP contribution in [0.25, 0.3) is 11.0 Å². The number of anilines is 4. The van der Waals surface area contributed by atoms with Crippen molar-refractivity contribution < 1.29 is 9.18 Å². The van der Waals surface area contributed by atoms with Gasteiger partial charge in [-0.15, -0.1) is 0 Å². The van der Waals surface area contributed by atoms with Gasteiger partial charge in [0.25, 0.3) is 5.91 Å². The molecule has 11 nitrogen and oxygen atoms in total. The molecule has 0 spiro atoms. The van der Waals surface area contributed by atoms with Gasteiger partial charge in [-0.05, 0) is 23.6 Å². The topological polar surface area (TPSA) is 118 Å². The Labute approximate surface area is 207 Å². The Hall–Kier alpha value is -4.06. The molecule has 1 fully saturated rings. The highest BCUT2D eigenvalue weighted by atomic mass is 19.1. The highest BCUT2D eigenvalue weighted by Crippen LogP contribution is 2.28. The first-order valence-electron chi connectivity index (χ1n) is 11.7. The summed E-state index contributed by atoms with van der Waals surface area (Å²) in [7, 11) is 3.56. The lowest BCUT2D eigenvalue weighted by Gasteiger charge is -2.45. The van der Waals surface area contributed by atoms with E-state index in [1.54, 1.807) is 35.0 Å². The maximum atomic E-state index is 14.6. The van der Waals surface area contributed by atoms with Crippen LogP contribution in [0.1, 0.15) is 24.2 Å². The van der Waals surface area contributed by atoms with E-state index in [0.29, 0.717) is 40.3 Å². The number of nitrogens with zero attached hydrogens (tertiary/aromatic N) is 7. The summed E-state index contributed by atoms with van der Waals surface area (Å²) in [6.45, 7) is 7.83. The van der Waals surface area contributed by atoms with Crippen LogP contribution in [0.4, 0.5) is 27.5 Å². The Bertz CT molecular complexity index is 1420. The van der Waals surface area contributed by atoms with Crippen molar-refractivity contribution in [2.45, 2.75) is 13.8 Å². The summed E-state index contributed by atoms with van der Waals surface area (Å²) in [6.07, 6.45) is 5.09. The third-order valence-electron chi connectivity index (χ3n) is 6.04. The number of rotatable bonds is 8. The highest BCUT2D eigenvalue weighted by molar-refractivity contribution is 5.96. The van der Waals surface area contributed by atoms with Gasteiger partial charge in [-0.25, -0.2) is 14.1 Å². The van der Waals surface area contributed by atoms with Crippen LogP contribution in [0.2, 0.25) is 0 Å². The molecule has 1 aliphatic rings. The van der Waals surface area contributed by atoms with Crippen LogP contribution < -0.4 is 16.0 Å².